The van der Waals surface area contributed by atoms with E-state index in [1.165, 1.54) is 0 Å². The quantitative estimate of drug-likeness (QED) is 0.204. The van der Waals surface area contributed by atoms with Gasteiger partial charge in [0.15, 0.2) is 0 Å². The van der Waals surface area contributed by atoms with Gasteiger partial charge in [-0.05, 0) is 0 Å². The van der Waals surface area contributed by atoms with E-state index < -0.39 is 0 Å². The zero-order valence-corrected chi connectivity index (χ0v) is 7.17. The molecule has 9 heavy (non-hydrogen) atoms. The van der Waals surface area contributed by atoms with Crippen LogP contribution < -0.4 is 11.7 Å². The number of nitrogens with one attached hydrogen (secondary N) is 1. The molecule has 0 aromatic rings. The molecule has 0 saturated heterocycles. The highest BCUT2D eigenvalue weighted by molar-refractivity contribution is 8.93. The fourth-order valence-electron chi connectivity index (χ4n) is 0.249. The number of nitrogens with zero attached hydrogens (tertiary/aromatic N) is 2. The lowest BCUT2D eigenvalue weighted by molar-refractivity contribution is 0.404. The van der Waals surface area contributed by atoms with Crippen molar-refractivity contribution in [2.75, 3.05) is 14.1 Å². The molecule has 6 heteroatoms. The molecule has 0 heterocycles. The maximum atomic E-state index is 7.00. The van der Waals surface area contributed by atoms with Crippen LogP contribution in [0.4, 0.5) is 0 Å². The molecule has 0 amide bonds. The molecule has 56 valence electrons. The van der Waals surface area contributed by atoms with E-state index >= 15 is 0 Å². The third-order valence-corrected chi connectivity index (χ3v) is 0.668. The lowest BCUT2D eigenvalue weighted by Gasteiger charge is -2.18. The first-order valence-corrected chi connectivity index (χ1v) is 2.11. The second-order valence-electron chi connectivity index (χ2n) is 1.55. The Labute approximate surface area is 64.8 Å². The minimum atomic E-state index is 0. The SMILES string of the molecule is Br.CN(N)C(=N)N(C)N. The first kappa shape index (κ1) is 11.5. The summed E-state index contributed by atoms with van der Waals surface area (Å²) in [6, 6.07) is 0. The van der Waals surface area contributed by atoms with Gasteiger partial charge in [-0.2, -0.15) is 0 Å². The number of hydrazine groups is 2. The molecule has 0 fully saturated rings. The molecule has 0 aliphatic rings. The number of rotatable bonds is 0. The van der Waals surface area contributed by atoms with E-state index in [9.17, 15) is 0 Å². The molecule has 0 bridgehead atoms. The van der Waals surface area contributed by atoms with Gasteiger partial charge in [-0.15, -0.1) is 17.0 Å². The van der Waals surface area contributed by atoms with Crippen molar-refractivity contribution in [2.24, 2.45) is 11.7 Å². The molecule has 0 saturated carbocycles. The number of hydrogen-bond acceptors (Lipinski definition) is 3. The average Bonchev–Trinajstić information content (AvgIpc) is 1.64. The summed E-state index contributed by atoms with van der Waals surface area (Å²) in [6.45, 7) is 0. The standard InChI is InChI=1S/C3H11N5.BrH/c1-7(5)3(4)8(2)6;/h4H,5-6H2,1-2H3;1H. The number of nitrogens with two attached hydrogens (primary N) is 2. The molecular weight excluding hydrogens is 186 g/mol. The Morgan fingerprint density at radius 2 is 1.44 bits per heavy atom. The van der Waals surface area contributed by atoms with Gasteiger partial charge in [0.05, 0.1) is 0 Å². The van der Waals surface area contributed by atoms with Gasteiger partial charge in [0, 0.05) is 14.1 Å². The zero-order valence-electron chi connectivity index (χ0n) is 5.46. The minimum Gasteiger partial charge on any atom is -0.283 e. The van der Waals surface area contributed by atoms with E-state index in [4.69, 9.17) is 17.1 Å². The van der Waals surface area contributed by atoms with E-state index in [-0.39, 0.29) is 22.9 Å². The Morgan fingerprint density at radius 1 is 1.22 bits per heavy atom. The highest BCUT2D eigenvalue weighted by Gasteiger charge is 1.98. The van der Waals surface area contributed by atoms with Crippen molar-refractivity contribution in [3.8, 4) is 0 Å². The van der Waals surface area contributed by atoms with Gasteiger partial charge >= 0.3 is 0 Å². The van der Waals surface area contributed by atoms with Crippen LogP contribution in [0.15, 0.2) is 0 Å². The Morgan fingerprint density at radius 3 is 1.44 bits per heavy atom. The van der Waals surface area contributed by atoms with Gasteiger partial charge in [-0.1, -0.05) is 0 Å². The predicted molar refractivity (Wildman–Crippen MR) is 41.9 cm³/mol. The zero-order chi connectivity index (χ0) is 6.73. The van der Waals surface area contributed by atoms with Crippen LogP contribution >= 0.6 is 17.0 Å². The summed E-state index contributed by atoms with van der Waals surface area (Å²) in [5.41, 5.74) is 0. The van der Waals surface area contributed by atoms with Crippen LogP contribution in [0, 0.1) is 5.41 Å². The highest BCUT2D eigenvalue weighted by atomic mass is 79.9. The Hall–Kier alpha value is -0.330. The van der Waals surface area contributed by atoms with Gasteiger partial charge in [0.1, 0.15) is 0 Å². The maximum absolute atomic E-state index is 7.00. The summed E-state index contributed by atoms with van der Waals surface area (Å²) in [5, 5.41) is 9.25. The Bertz CT molecular complexity index is 80.2. The van der Waals surface area contributed by atoms with E-state index in [1.54, 1.807) is 14.1 Å². The largest absolute Gasteiger partial charge is 0.283 e. The van der Waals surface area contributed by atoms with Crippen LogP contribution in [-0.2, 0) is 0 Å². The molecule has 0 rings (SSSR count). The van der Waals surface area contributed by atoms with Crippen molar-refractivity contribution in [1.29, 1.82) is 5.41 Å². The number of hydrogen-bond donors (Lipinski definition) is 3. The minimum absolute atomic E-state index is 0. The first-order chi connectivity index (χ1) is 3.55. The van der Waals surface area contributed by atoms with Gasteiger partial charge in [-0.25, -0.2) is 11.7 Å². The normalized spacial score (nSPS) is 7.56. The van der Waals surface area contributed by atoms with Crippen LogP contribution in [0.25, 0.3) is 0 Å². The molecule has 0 aliphatic heterocycles. The average molecular weight is 198 g/mol. The third kappa shape index (κ3) is 4.19. The fraction of sp³-hybridized carbons (Fsp3) is 0.667. The van der Waals surface area contributed by atoms with E-state index in [0.717, 1.165) is 10.0 Å². The van der Waals surface area contributed by atoms with Gasteiger partial charge in [-0.3, -0.25) is 15.4 Å². The topological polar surface area (TPSA) is 82.4 Å². The molecule has 5 nitrogen and oxygen atoms in total. The smallest absolute Gasteiger partial charge is 0.222 e. The van der Waals surface area contributed by atoms with Crippen LogP contribution in [0.1, 0.15) is 0 Å². The number of halogens is 1. The molecule has 0 aliphatic carbocycles. The molecule has 5 N–H and O–H groups in total. The molecule has 0 unspecified atom stereocenters. The molecular formula is C3H12BrN5. The third-order valence-electron chi connectivity index (χ3n) is 0.668. The van der Waals surface area contributed by atoms with Crippen molar-refractivity contribution in [2.45, 2.75) is 0 Å². The van der Waals surface area contributed by atoms with Crippen LogP contribution in [0.3, 0.4) is 0 Å². The fourth-order valence-corrected chi connectivity index (χ4v) is 0.249. The summed E-state index contributed by atoms with van der Waals surface area (Å²) in [4.78, 5) is 0. The molecule has 0 aromatic heterocycles. The summed E-state index contributed by atoms with van der Waals surface area (Å²) in [5.74, 6) is 10.3. The Kier molecular flexibility index (Phi) is 5.78. The van der Waals surface area contributed by atoms with Crippen molar-refractivity contribution < 1.29 is 0 Å². The summed E-state index contributed by atoms with van der Waals surface area (Å²) < 4.78 is 0. The summed E-state index contributed by atoms with van der Waals surface area (Å²) in [6.07, 6.45) is 0. The van der Waals surface area contributed by atoms with E-state index in [0.29, 0.717) is 0 Å². The summed E-state index contributed by atoms with van der Waals surface area (Å²) in [7, 11) is 3.09. The van der Waals surface area contributed by atoms with Crippen LogP contribution in [-0.4, -0.2) is 30.1 Å². The van der Waals surface area contributed by atoms with Crippen LogP contribution in [0.2, 0.25) is 0 Å². The second kappa shape index (κ2) is 4.54. The predicted octanol–water partition coefficient (Wildman–Crippen LogP) is -0.890. The molecule has 0 radical (unpaired) electrons. The second-order valence-corrected chi connectivity index (χ2v) is 1.55. The van der Waals surface area contributed by atoms with E-state index in [2.05, 4.69) is 0 Å². The van der Waals surface area contributed by atoms with Crippen molar-refractivity contribution in [1.82, 2.24) is 10.0 Å². The Balaban J connectivity index is 0. The van der Waals surface area contributed by atoms with Gasteiger partial charge in [0.2, 0.25) is 5.96 Å². The van der Waals surface area contributed by atoms with E-state index in [1.807, 2.05) is 0 Å². The maximum Gasteiger partial charge on any atom is 0.222 e. The van der Waals surface area contributed by atoms with Crippen molar-refractivity contribution >= 4 is 22.9 Å². The van der Waals surface area contributed by atoms with Crippen LogP contribution in [0.5, 0.6) is 0 Å². The monoisotopic (exact) mass is 197 g/mol. The van der Waals surface area contributed by atoms with Crippen molar-refractivity contribution in [3.63, 3.8) is 0 Å². The molecule has 0 aromatic carbocycles. The molecule has 0 spiro atoms. The lowest BCUT2D eigenvalue weighted by Crippen LogP contribution is -2.46. The van der Waals surface area contributed by atoms with Crippen molar-refractivity contribution in [3.05, 3.63) is 0 Å². The lowest BCUT2D eigenvalue weighted by atomic mass is 10.8. The highest BCUT2D eigenvalue weighted by Crippen LogP contribution is 1.74. The van der Waals surface area contributed by atoms with Gasteiger partial charge < -0.3 is 0 Å². The first-order valence-electron chi connectivity index (χ1n) is 2.11. The molecule has 0 atom stereocenters. The summed E-state index contributed by atoms with van der Waals surface area (Å²) >= 11 is 0. The van der Waals surface area contributed by atoms with Gasteiger partial charge in [0.25, 0.3) is 0 Å². The number of guanidine groups is 1.